The molecule has 0 atom stereocenters. The van der Waals surface area contributed by atoms with Gasteiger partial charge in [0.1, 0.15) is 0 Å². The Bertz CT molecular complexity index is 200. The number of alkyl halides is 1. The molecule has 14 heavy (non-hydrogen) atoms. The lowest BCUT2D eigenvalue weighted by Crippen LogP contribution is -2.31. The molecule has 0 spiro atoms. The van der Waals surface area contributed by atoms with Gasteiger partial charge in [-0.2, -0.15) is 0 Å². The topological polar surface area (TPSA) is 46.5 Å². The van der Waals surface area contributed by atoms with Crippen molar-refractivity contribution in [3.63, 3.8) is 0 Å². The number of carboxylic acid groups (broad SMARTS) is 1. The Balaban J connectivity index is 3.91. The van der Waals surface area contributed by atoms with Crippen LogP contribution in [-0.4, -0.2) is 28.6 Å². The summed E-state index contributed by atoms with van der Waals surface area (Å²) in [5, 5.41) is 9.61. The predicted octanol–water partition coefficient (Wildman–Crippen LogP) is 2.68. The SMILES string of the molecule is CC(C)(CBr)OCCC(C)(C)C(=O)O. The molecule has 0 fully saturated rings. The maximum absolute atomic E-state index is 10.8. The van der Waals surface area contributed by atoms with Gasteiger partial charge in [-0.15, -0.1) is 0 Å². The quantitative estimate of drug-likeness (QED) is 0.752. The van der Waals surface area contributed by atoms with Crippen molar-refractivity contribution in [2.75, 3.05) is 11.9 Å². The molecule has 0 rings (SSSR count). The molecule has 0 saturated heterocycles. The van der Waals surface area contributed by atoms with Gasteiger partial charge in [0.05, 0.1) is 11.0 Å². The molecule has 0 amide bonds. The van der Waals surface area contributed by atoms with Gasteiger partial charge >= 0.3 is 5.97 Å². The summed E-state index contributed by atoms with van der Waals surface area (Å²) in [7, 11) is 0. The third kappa shape index (κ3) is 4.96. The van der Waals surface area contributed by atoms with Gasteiger partial charge in [0, 0.05) is 11.9 Å². The number of halogens is 1. The standard InChI is InChI=1S/C10H19BrO3/c1-9(2,8(12)13)5-6-14-10(3,4)7-11/h5-7H2,1-4H3,(H,12,13). The van der Waals surface area contributed by atoms with E-state index in [2.05, 4.69) is 15.9 Å². The van der Waals surface area contributed by atoms with Crippen molar-refractivity contribution in [3.8, 4) is 0 Å². The normalized spacial score (nSPS) is 12.9. The van der Waals surface area contributed by atoms with Crippen molar-refractivity contribution in [3.05, 3.63) is 0 Å². The van der Waals surface area contributed by atoms with Gasteiger partial charge < -0.3 is 9.84 Å². The van der Waals surface area contributed by atoms with Gasteiger partial charge in [-0.25, -0.2) is 0 Å². The van der Waals surface area contributed by atoms with E-state index in [9.17, 15) is 4.79 Å². The molecule has 4 heteroatoms. The van der Waals surface area contributed by atoms with E-state index in [4.69, 9.17) is 9.84 Å². The first-order valence-electron chi connectivity index (χ1n) is 4.64. The molecule has 0 unspecified atom stereocenters. The minimum absolute atomic E-state index is 0.228. The molecule has 0 aliphatic rings. The fraction of sp³-hybridized carbons (Fsp3) is 0.900. The van der Waals surface area contributed by atoms with E-state index in [0.29, 0.717) is 13.0 Å². The van der Waals surface area contributed by atoms with Crippen molar-refractivity contribution in [1.82, 2.24) is 0 Å². The summed E-state index contributed by atoms with van der Waals surface area (Å²) in [6.45, 7) is 7.82. The number of carboxylic acids is 1. The summed E-state index contributed by atoms with van der Waals surface area (Å²) >= 11 is 3.34. The smallest absolute Gasteiger partial charge is 0.309 e. The summed E-state index contributed by atoms with van der Waals surface area (Å²) in [5.41, 5.74) is -0.934. The van der Waals surface area contributed by atoms with E-state index in [1.807, 2.05) is 13.8 Å². The summed E-state index contributed by atoms with van der Waals surface area (Å²) in [6, 6.07) is 0. The molecule has 1 N–H and O–H groups in total. The minimum Gasteiger partial charge on any atom is -0.481 e. The van der Waals surface area contributed by atoms with Crippen LogP contribution in [-0.2, 0) is 9.53 Å². The van der Waals surface area contributed by atoms with E-state index >= 15 is 0 Å². The summed E-state index contributed by atoms with van der Waals surface area (Å²) in [5.74, 6) is -0.780. The molecule has 3 nitrogen and oxygen atoms in total. The number of hydrogen-bond acceptors (Lipinski definition) is 2. The van der Waals surface area contributed by atoms with E-state index in [1.54, 1.807) is 13.8 Å². The van der Waals surface area contributed by atoms with Crippen LogP contribution in [0, 0.1) is 5.41 Å². The van der Waals surface area contributed by atoms with E-state index in [1.165, 1.54) is 0 Å². The van der Waals surface area contributed by atoms with Crippen molar-refractivity contribution >= 4 is 21.9 Å². The van der Waals surface area contributed by atoms with Crippen LogP contribution in [0.2, 0.25) is 0 Å². The summed E-state index contributed by atoms with van der Waals surface area (Å²) in [6.07, 6.45) is 0.527. The Labute approximate surface area is 94.0 Å². The van der Waals surface area contributed by atoms with Crippen molar-refractivity contribution in [2.45, 2.75) is 39.7 Å². The number of aliphatic carboxylic acids is 1. The molecule has 0 aromatic heterocycles. The third-order valence-corrected chi connectivity index (χ3v) is 3.47. The highest BCUT2D eigenvalue weighted by molar-refractivity contribution is 9.09. The van der Waals surface area contributed by atoms with Gasteiger partial charge in [0.25, 0.3) is 0 Å². The fourth-order valence-corrected chi connectivity index (χ4v) is 0.890. The van der Waals surface area contributed by atoms with Gasteiger partial charge in [-0.3, -0.25) is 4.79 Å². The monoisotopic (exact) mass is 266 g/mol. The number of rotatable bonds is 6. The molecule has 84 valence electrons. The van der Waals surface area contributed by atoms with E-state index < -0.39 is 11.4 Å². The minimum atomic E-state index is -0.780. The molecule has 0 aromatic rings. The van der Waals surface area contributed by atoms with Crippen molar-refractivity contribution in [1.29, 1.82) is 0 Å². The Hall–Kier alpha value is -0.0900. The zero-order valence-corrected chi connectivity index (χ0v) is 10.8. The van der Waals surface area contributed by atoms with Gasteiger partial charge in [0.15, 0.2) is 0 Å². The van der Waals surface area contributed by atoms with Crippen LogP contribution in [0.1, 0.15) is 34.1 Å². The molecule has 0 aliphatic heterocycles. The predicted molar refractivity (Wildman–Crippen MR) is 59.9 cm³/mol. The first-order chi connectivity index (χ1) is 6.21. The van der Waals surface area contributed by atoms with Crippen molar-refractivity contribution < 1.29 is 14.6 Å². The lowest BCUT2D eigenvalue weighted by Gasteiger charge is -2.25. The summed E-state index contributed by atoms with van der Waals surface area (Å²) in [4.78, 5) is 10.8. The lowest BCUT2D eigenvalue weighted by atomic mass is 9.90. The zero-order chi connectivity index (χ0) is 11.4. The zero-order valence-electron chi connectivity index (χ0n) is 9.26. The molecule has 0 heterocycles. The van der Waals surface area contributed by atoms with Crippen LogP contribution < -0.4 is 0 Å². The molecule has 0 saturated carbocycles. The van der Waals surface area contributed by atoms with Crippen LogP contribution in [0.4, 0.5) is 0 Å². The van der Waals surface area contributed by atoms with Crippen LogP contribution in [0.15, 0.2) is 0 Å². The average Bonchev–Trinajstić information content (AvgIpc) is 2.03. The Kier molecular flexibility index (Phi) is 5.09. The summed E-state index contributed by atoms with van der Waals surface area (Å²) < 4.78 is 5.55. The second-order valence-corrected chi connectivity index (χ2v) is 5.24. The average molecular weight is 267 g/mol. The van der Waals surface area contributed by atoms with E-state index in [-0.39, 0.29) is 5.60 Å². The first-order valence-corrected chi connectivity index (χ1v) is 5.77. The van der Waals surface area contributed by atoms with Crippen molar-refractivity contribution in [2.24, 2.45) is 5.41 Å². The Morgan fingerprint density at radius 3 is 2.21 bits per heavy atom. The third-order valence-electron chi connectivity index (χ3n) is 2.12. The van der Waals surface area contributed by atoms with E-state index in [0.717, 1.165) is 5.33 Å². The van der Waals surface area contributed by atoms with Gasteiger partial charge in [0.2, 0.25) is 0 Å². The molecular formula is C10H19BrO3. The maximum Gasteiger partial charge on any atom is 0.309 e. The molecule has 0 bridgehead atoms. The number of hydrogen-bond donors (Lipinski definition) is 1. The Morgan fingerprint density at radius 2 is 1.86 bits per heavy atom. The molecule has 0 aromatic carbocycles. The lowest BCUT2D eigenvalue weighted by molar-refractivity contribution is -0.148. The van der Waals surface area contributed by atoms with Gasteiger partial charge in [-0.1, -0.05) is 15.9 Å². The van der Waals surface area contributed by atoms with Gasteiger partial charge in [-0.05, 0) is 34.1 Å². The number of ether oxygens (including phenoxy) is 1. The Morgan fingerprint density at radius 1 is 1.36 bits per heavy atom. The largest absolute Gasteiger partial charge is 0.481 e. The molecule has 0 aliphatic carbocycles. The van der Waals surface area contributed by atoms with Crippen LogP contribution in [0.25, 0.3) is 0 Å². The molecule has 0 radical (unpaired) electrons. The molecular weight excluding hydrogens is 248 g/mol. The highest BCUT2D eigenvalue weighted by atomic mass is 79.9. The second kappa shape index (κ2) is 5.12. The maximum atomic E-state index is 10.8. The first kappa shape index (κ1) is 13.9. The van der Waals surface area contributed by atoms with Crippen LogP contribution in [0.3, 0.4) is 0 Å². The fourth-order valence-electron chi connectivity index (χ4n) is 0.728. The number of carbonyl (C=O) groups is 1. The van der Waals surface area contributed by atoms with Crippen LogP contribution in [0.5, 0.6) is 0 Å². The highest BCUT2D eigenvalue weighted by Crippen LogP contribution is 2.22. The highest BCUT2D eigenvalue weighted by Gasteiger charge is 2.27. The van der Waals surface area contributed by atoms with Crippen LogP contribution >= 0.6 is 15.9 Å². The second-order valence-electron chi connectivity index (χ2n) is 4.68.